The van der Waals surface area contributed by atoms with Gasteiger partial charge in [-0.05, 0) is 44.0 Å². The highest BCUT2D eigenvalue weighted by molar-refractivity contribution is 5.86. The molecule has 1 aromatic carbocycles. The van der Waals surface area contributed by atoms with Crippen molar-refractivity contribution in [3.05, 3.63) is 58.5 Å². The molecule has 4 nitrogen and oxygen atoms in total. The molecule has 1 unspecified atom stereocenters. The molecule has 21 heavy (non-hydrogen) atoms. The first kappa shape index (κ1) is 15.3. The summed E-state index contributed by atoms with van der Waals surface area (Å²) in [4.78, 5) is 11.3. The van der Waals surface area contributed by atoms with Crippen molar-refractivity contribution in [2.45, 2.75) is 33.4 Å². The fraction of sp³-hybridized carbons (Fsp3) is 0.353. The number of benzene rings is 1. The van der Waals surface area contributed by atoms with Crippen LogP contribution in [0, 0.1) is 13.8 Å². The quantitative estimate of drug-likeness (QED) is 0.855. The second-order valence-corrected chi connectivity index (χ2v) is 5.22. The van der Waals surface area contributed by atoms with Crippen LogP contribution >= 0.6 is 0 Å². The van der Waals surface area contributed by atoms with Gasteiger partial charge in [0.25, 0.3) is 0 Å². The van der Waals surface area contributed by atoms with Crippen molar-refractivity contribution >= 4 is 5.97 Å². The third-order valence-corrected chi connectivity index (χ3v) is 3.53. The van der Waals surface area contributed by atoms with Gasteiger partial charge in [0, 0.05) is 6.04 Å². The number of furan rings is 1. The zero-order chi connectivity index (χ0) is 15.4. The molecule has 112 valence electrons. The van der Waals surface area contributed by atoms with Crippen LogP contribution in [0.5, 0.6) is 0 Å². The van der Waals surface area contributed by atoms with Crippen LogP contribution in [0.1, 0.15) is 46.0 Å². The van der Waals surface area contributed by atoms with Gasteiger partial charge in [0.15, 0.2) is 0 Å². The van der Waals surface area contributed by atoms with E-state index < -0.39 is 5.97 Å². The number of carbonyl (C=O) groups excluding carboxylic acids is 1. The SMILES string of the molecule is COC(=O)c1ccc(CNC(C)c2cc(C)ccc2C)o1. The largest absolute Gasteiger partial charge is 0.463 e. The molecule has 2 rings (SSSR count). The van der Waals surface area contributed by atoms with Crippen LogP contribution in [0.25, 0.3) is 0 Å². The number of rotatable bonds is 5. The summed E-state index contributed by atoms with van der Waals surface area (Å²) in [6, 6.07) is 10.1. The van der Waals surface area contributed by atoms with E-state index in [1.165, 1.54) is 23.8 Å². The lowest BCUT2D eigenvalue weighted by Crippen LogP contribution is -2.18. The molecule has 0 bridgehead atoms. The molecule has 1 heterocycles. The first-order valence-corrected chi connectivity index (χ1v) is 6.99. The Kier molecular flexibility index (Phi) is 4.81. The number of aryl methyl sites for hydroxylation is 2. The fourth-order valence-electron chi connectivity index (χ4n) is 2.27. The molecule has 4 heteroatoms. The molecule has 0 saturated heterocycles. The summed E-state index contributed by atoms with van der Waals surface area (Å²) in [5.41, 5.74) is 3.78. The highest BCUT2D eigenvalue weighted by Crippen LogP contribution is 2.19. The van der Waals surface area contributed by atoms with Gasteiger partial charge in [-0.15, -0.1) is 0 Å². The smallest absolute Gasteiger partial charge is 0.373 e. The van der Waals surface area contributed by atoms with E-state index in [0.717, 1.165) is 0 Å². The Balaban J connectivity index is 2.00. The van der Waals surface area contributed by atoms with E-state index in [4.69, 9.17) is 4.42 Å². The van der Waals surface area contributed by atoms with Gasteiger partial charge in [-0.2, -0.15) is 0 Å². The Morgan fingerprint density at radius 2 is 2.05 bits per heavy atom. The van der Waals surface area contributed by atoms with E-state index in [1.807, 2.05) is 0 Å². The molecule has 1 atom stereocenters. The summed E-state index contributed by atoms with van der Waals surface area (Å²) in [5.74, 6) is 0.491. The fourth-order valence-corrected chi connectivity index (χ4v) is 2.27. The number of methoxy groups -OCH3 is 1. The molecule has 0 aliphatic rings. The lowest BCUT2D eigenvalue weighted by Gasteiger charge is -2.16. The third-order valence-electron chi connectivity index (χ3n) is 3.53. The van der Waals surface area contributed by atoms with Crippen molar-refractivity contribution < 1.29 is 13.9 Å². The number of nitrogens with one attached hydrogen (secondary N) is 1. The number of esters is 1. The molecular weight excluding hydrogens is 266 g/mol. The molecule has 0 aliphatic carbocycles. The minimum Gasteiger partial charge on any atom is -0.463 e. The van der Waals surface area contributed by atoms with Gasteiger partial charge >= 0.3 is 5.97 Å². The van der Waals surface area contributed by atoms with E-state index in [1.54, 1.807) is 12.1 Å². The maximum atomic E-state index is 11.3. The lowest BCUT2D eigenvalue weighted by molar-refractivity contribution is 0.0563. The van der Waals surface area contributed by atoms with Crippen molar-refractivity contribution in [1.29, 1.82) is 0 Å². The van der Waals surface area contributed by atoms with Crippen molar-refractivity contribution in [3.63, 3.8) is 0 Å². The van der Waals surface area contributed by atoms with Gasteiger partial charge < -0.3 is 14.5 Å². The summed E-state index contributed by atoms with van der Waals surface area (Å²) in [5, 5.41) is 3.41. The Bertz CT molecular complexity index is 631. The standard InChI is InChI=1S/C17H21NO3/c1-11-5-6-12(2)15(9-11)13(3)18-10-14-7-8-16(21-14)17(19)20-4/h5-9,13,18H,10H2,1-4H3. The zero-order valence-electron chi connectivity index (χ0n) is 12.9. The molecule has 0 spiro atoms. The van der Waals surface area contributed by atoms with Gasteiger partial charge in [-0.1, -0.05) is 23.8 Å². The monoisotopic (exact) mass is 287 g/mol. The zero-order valence-corrected chi connectivity index (χ0v) is 12.9. The van der Waals surface area contributed by atoms with Crippen LogP contribution in [-0.2, 0) is 11.3 Å². The summed E-state index contributed by atoms with van der Waals surface area (Å²) in [6.45, 7) is 6.87. The third kappa shape index (κ3) is 3.73. The molecule has 0 aliphatic heterocycles. The molecule has 0 radical (unpaired) electrons. The van der Waals surface area contributed by atoms with Crippen LogP contribution < -0.4 is 5.32 Å². The van der Waals surface area contributed by atoms with Gasteiger partial charge in [0.05, 0.1) is 13.7 Å². The minimum absolute atomic E-state index is 0.205. The summed E-state index contributed by atoms with van der Waals surface area (Å²) >= 11 is 0. The van der Waals surface area contributed by atoms with Crippen molar-refractivity contribution in [2.75, 3.05) is 7.11 Å². The van der Waals surface area contributed by atoms with E-state index in [-0.39, 0.29) is 11.8 Å². The minimum atomic E-state index is -0.455. The number of hydrogen-bond donors (Lipinski definition) is 1. The van der Waals surface area contributed by atoms with Crippen LogP contribution in [-0.4, -0.2) is 13.1 Å². The molecule has 2 aromatic rings. The first-order chi connectivity index (χ1) is 10.0. The van der Waals surface area contributed by atoms with Crippen molar-refractivity contribution in [3.8, 4) is 0 Å². The predicted molar refractivity (Wildman–Crippen MR) is 81.2 cm³/mol. The maximum absolute atomic E-state index is 11.3. The molecule has 1 aromatic heterocycles. The molecule has 0 fully saturated rings. The number of hydrogen-bond acceptors (Lipinski definition) is 4. The van der Waals surface area contributed by atoms with Crippen LogP contribution in [0.3, 0.4) is 0 Å². The second-order valence-electron chi connectivity index (χ2n) is 5.22. The number of carbonyl (C=O) groups is 1. The van der Waals surface area contributed by atoms with Crippen LogP contribution in [0.4, 0.5) is 0 Å². The summed E-state index contributed by atoms with van der Waals surface area (Å²) in [7, 11) is 1.34. The van der Waals surface area contributed by atoms with Crippen LogP contribution in [0.2, 0.25) is 0 Å². The van der Waals surface area contributed by atoms with E-state index in [2.05, 4.69) is 49.0 Å². The maximum Gasteiger partial charge on any atom is 0.373 e. The van der Waals surface area contributed by atoms with Gasteiger partial charge in [-0.25, -0.2) is 4.79 Å². The van der Waals surface area contributed by atoms with Crippen LogP contribution in [0.15, 0.2) is 34.7 Å². The average molecular weight is 287 g/mol. The predicted octanol–water partition coefficient (Wildman–Crippen LogP) is 3.53. The average Bonchev–Trinajstić information content (AvgIpc) is 2.95. The van der Waals surface area contributed by atoms with E-state index in [9.17, 15) is 4.79 Å². The Labute approximate surface area is 125 Å². The van der Waals surface area contributed by atoms with Crippen molar-refractivity contribution in [1.82, 2.24) is 5.32 Å². The summed E-state index contributed by atoms with van der Waals surface area (Å²) < 4.78 is 10.1. The summed E-state index contributed by atoms with van der Waals surface area (Å²) in [6.07, 6.45) is 0. The Morgan fingerprint density at radius 1 is 1.29 bits per heavy atom. The normalized spacial score (nSPS) is 12.2. The highest BCUT2D eigenvalue weighted by Gasteiger charge is 2.13. The topological polar surface area (TPSA) is 51.5 Å². The van der Waals surface area contributed by atoms with E-state index >= 15 is 0 Å². The van der Waals surface area contributed by atoms with Gasteiger partial charge in [0.2, 0.25) is 5.76 Å². The molecular formula is C17H21NO3. The van der Waals surface area contributed by atoms with E-state index in [0.29, 0.717) is 12.3 Å². The lowest BCUT2D eigenvalue weighted by atomic mass is 10.00. The second kappa shape index (κ2) is 6.59. The molecule has 1 N–H and O–H groups in total. The van der Waals surface area contributed by atoms with Gasteiger partial charge in [-0.3, -0.25) is 0 Å². The molecule has 0 saturated carbocycles. The number of ether oxygens (including phenoxy) is 1. The molecule has 0 amide bonds. The van der Waals surface area contributed by atoms with Crippen molar-refractivity contribution in [2.24, 2.45) is 0 Å². The van der Waals surface area contributed by atoms with Gasteiger partial charge in [0.1, 0.15) is 5.76 Å². The Hall–Kier alpha value is -2.07. The first-order valence-electron chi connectivity index (χ1n) is 6.99. The Morgan fingerprint density at radius 3 is 2.76 bits per heavy atom. The highest BCUT2D eigenvalue weighted by atomic mass is 16.5.